The first-order valence-electron chi connectivity index (χ1n) is 6.54. The van der Waals surface area contributed by atoms with Crippen molar-refractivity contribution in [2.75, 3.05) is 6.61 Å². The molecule has 4 saturated carbocycles. The molecular weight excluding hydrogens is 216 g/mol. The molecule has 0 heterocycles. The van der Waals surface area contributed by atoms with E-state index in [9.17, 15) is 9.90 Å². The van der Waals surface area contributed by atoms with Gasteiger partial charge in [0.05, 0.1) is 12.2 Å². The van der Waals surface area contributed by atoms with E-state index < -0.39 is 5.60 Å². The van der Waals surface area contributed by atoms with E-state index in [2.05, 4.69) is 6.58 Å². The summed E-state index contributed by atoms with van der Waals surface area (Å²) in [6.07, 6.45) is 7.46. The summed E-state index contributed by atoms with van der Waals surface area (Å²) in [4.78, 5) is 11.2. The molecule has 3 nitrogen and oxygen atoms in total. The molecule has 4 fully saturated rings. The van der Waals surface area contributed by atoms with Gasteiger partial charge in [-0.25, -0.2) is 4.79 Å². The third-order valence-electron chi connectivity index (χ3n) is 4.84. The standard InChI is InChI=1S/C14H20O3/c1-2-12(15)17-9-13-4-10-3-11(5-13)7-14(16,6-10)8-13/h2,10-11,16H,1,3-9H2. The van der Waals surface area contributed by atoms with Crippen molar-refractivity contribution < 1.29 is 14.6 Å². The molecule has 0 amide bonds. The highest BCUT2D eigenvalue weighted by Gasteiger charge is 2.57. The average Bonchev–Trinajstić information content (AvgIpc) is 2.22. The molecule has 0 aromatic rings. The maximum Gasteiger partial charge on any atom is 0.330 e. The van der Waals surface area contributed by atoms with E-state index in [1.165, 1.54) is 12.5 Å². The summed E-state index contributed by atoms with van der Waals surface area (Å²) in [5.74, 6) is 0.945. The lowest BCUT2D eigenvalue weighted by molar-refractivity contribution is -0.184. The van der Waals surface area contributed by atoms with Crippen molar-refractivity contribution in [2.45, 2.75) is 44.1 Å². The fourth-order valence-corrected chi connectivity index (χ4v) is 4.85. The van der Waals surface area contributed by atoms with Gasteiger partial charge in [0.15, 0.2) is 0 Å². The van der Waals surface area contributed by atoms with Gasteiger partial charge in [0.1, 0.15) is 0 Å². The summed E-state index contributed by atoms with van der Waals surface area (Å²) in [6, 6.07) is 0. The highest BCUT2D eigenvalue weighted by Crippen LogP contribution is 2.61. The van der Waals surface area contributed by atoms with Gasteiger partial charge in [-0.05, 0) is 50.4 Å². The fraction of sp³-hybridized carbons (Fsp3) is 0.786. The predicted octanol–water partition coefficient (Wildman–Crippen LogP) is 2.05. The molecule has 1 N–H and O–H groups in total. The Labute approximate surface area is 102 Å². The molecule has 0 saturated heterocycles. The number of aliphatic hydroxyl groups is 1. The summed E-state index contributed by atoms with van der Waals surface area (Å²) in [6.45, 7) is 3.88. The first kappa shape index (κ1) is 11.3. The van der Waals surface area contributed by atoms with Crippen LogP contribution >= 0.6 is 0 Å². The van der Waals surface area contributed by atoms with Gasteiger partial charge >= 0.3 is 5.97 Å². The van der Waals surface area contributed by atoms with Gasteiger partial charge in [-0.1, -0.05) is 6.58 Å². The first-order valence-corrected chi connectivity index (χ1v) is 6.54. The largest absolute Gasteiger partial charge is 0.462 e. The van der Waals surface area contributed by atoms with Crippen molar-refractivity contribution in [3.8, 4) is 0 Å². The Balaban J connectivity index is 1.74. The minimum absolute atomic E-state index is 0.0531. The molecule has 0 aromatic heterocycles. The predicted molar refractivity (Wildman–Crippen MR) is 63.2 cm³/mol. The van der Waals surface area contributed by atoms with Crippen LogP contribution in [0.4, 0.5) is 0 Å². The van der Waals surface area contributed by atoms with E-state index >= 15 is 0 Å². The van der Waals surface area contributed by atoms with Gasteiger partial charge < -0.3 is 9.84 Å². The Morgan fingerprint density at radius 2 is 2.00 bits per heavy atom. The number of carbonyl (C=O) groups is 1. The maximum absolute atomic E-state index is 11.2. The molecular formula is C14H20O3. The third-order valence-corrected chi connectivity index (χ3v) is 4.84. The minimum atomic E-state index is -0.468. The van der Waals surface area contributed by atoms with Crippen LogP contribution in [0, 0.1) is 17.3 Å². The Bertz CT molecular complexity index is 346. The van der Waals surface area contributed by atoms with Crippen molar-refractivity contribution in [3.63, 3.8) is 0 Å². The van der Waals surface area contributed by atoms with E-state index in [0.29, 0.717) is 18.4 Å². The lowest BCUT2D eigenvalue weighted by Gasteiger charge is -2.59. The molecule has 4 rings (SSSR count). The summed E-state index contributed by atoms with van der Waals surface area (Å²) < 4.78 is 5.25. The van der Waals surface area contributed by atoms with Crippen LogP contribution in [0.5, 0.6) is 0 Å². The van der Waals surface area contributed by atoms with E-state index in [0.717, 1.165) is 32.1 Å². The van der Waals surface area contributed by atoms with Crippen LogP contribution in [0.15, 0.2) is 12.7 Å². The van der Waals surface area contributed by atoms with Crippen LogP contribution < -0.4 is 0 Å². The SMILES string of the molecule is C=CC(=O)OCC12CC3CC(CC(O)(C3)C1)C2. The van der Waals surface area contributed by atoms with E-state index in [1.54, 1.807) is 0 Å². The number of hydrogen-bond donors (Lipinski definition) is 1. The molecule has 0 radical (unpaired) electrons. The van der Waals surface area contributed by atoms with Crippen molar-refractivity contribution in [1.82, 2.24) is 0 Å². The zero-order chi connectivity index (χ0) is 12.1. The van der Waals surface area contributed by atoms with E-state index in [-0.39, 0.29) is 11.4 Å². The second-order valence-electron chi connectivity index (χ2n) is 6.50. The van der Waals surface area contributed by atoms with Gasteiger partial charge in [-0.15, -0.1) is 0 Å². The number of rotatable bonds is 3. The number of carbonyl (C=O) groups excluding carboxylic acids is 1. The Hall–Kier alpha value is -0.830. The average molecular weight is 236 g/mol. The van der Waals surface area contributed by atoms with Crippen molar-refractivity contribution in [2.24, 2.45) is 17.3 Å². The topological polar surface area (TPSA) is 46.5 Å². The molecule has 4 aliphatic carbocycles. The van der Waals surface area contributed by atoms with Crippen LogP contribution in [0.3, 0.4) is 0 Å². The molecule has 4 aliphatic rings. The van der Waals surface area contributed by atoms with Gasteiger partial charge in [0, 0.05) is 11.5 Å². The van der Waals surface area contributed by atoms with Gasteiger partial charge in [0.2, 0.25) is 0 Å². The first-order chi connectivity index (χ1) is 8.03. The van der Waals surface area contributed by atoms with Crippen LogP contribution in [0.25, 0.3) is 0 Å². The summed E-state index contributed by atoms with van der Waals surface area (Å²) in [5, 5.41) is 10.5. The summed E-state index contributed by atoms with van der Waals surface area (Å²) in [7, 11) is 0. The van der Waals surface area contributed by atoms with Crippen molar-refractivity contribution >= 4 is 5.97 Å². The molecule has 4 bridgehead atoms. The minimum Gasteiger partial charge on any atom is -0.462 e. The molecule has 0 spiro atoms. The molecule has 0 aliphatic heterocycles. The lowest BCUT2D eigenvalue weighted by atomic mass is 9.48. The number of esters is 1. The lowest BCUT2D eigenvalue weighted by Crippen LogP contribution is -2.57. The Kier molecular flexibility index (Phi) is 2.37. The summed E-state index contributed by atoms with van der Waals surface area (Å²) >= 11 is 0. The second kappa shape index (κ2) is 3.58. The summed E-state index contributed by atoms with van der Waals surface area (Å²) in [5.41, 5.74) is -0.415. The quantitative estimate of drug-likeness (QED) is 0.602. The maximum atomic E-state index is 11.2. The Morgan fingerprint density at radius 3 is 2.53 bits per heavy atom. The normalized spacial score (nSPS) is 46.9. The monoisotopic (exact) mass is 236 g/mol. The van der Waals surface area contributed by atoms with Crippen LogP contribution in [-0.2, 0) is 9.53 Å². The van der Waals surface area contributed by atoms with Gasteiger partial charge in [0.25, 0.3) is 0 Å². The van der Waals surface area contributed by atoms with Gasteiger partial charge in [-0.2, -0.15) is 0 Å². The molecule has 94 valence electrons. The molecule has 3 heteroatoms. The van der Waals surface area contributed by atoms with E-state index in [4.69, 9.17) is 4.74 Å². The number of ether oxygens (including phenoxy) is 1. The van der Waals surface area contributed by atoms with Crippen LogP contribution in [0.1, 0.15) is 38.5 Å². The van der Waals surface area contributed by atoms with Gasteiger partial charge in [-0.3, -0.25) is 0 Å². The molecule has 2 unspecified atom stereocenters. The Morgan fingerprint density at radius 1 is 1.35 bits per heavy atom. The van der Waals surface area contributed by atoms with Crippen molar-refractivity contribution in [3.05, 3.63) is 12.7 Å². The fourth-order valence-electron chi connectivity index (χ4n) is 4.85. The third kappa shape index (κ3) is 1.90. The zero-order valence-electron chi connectivity index (χ0n) is 10.2. The highest BCUT2D eigenvalue weighted by atomic mass is 16.5. The number of hydrogen-bond acceptors (Lipinski definition) is 3. The molecule has 2 atom stereocenters. The van der Waals surface area contributed by atoms with Crippen LogP contribution in [-0.4, -0.2) is 23.3 Å². The molecule has 0 aromatic carbocycles. The second-order valence-corrected chi connectivity index (χ2v) is 6.50. The van der Waals surface area contributed by atoms with E-state index in [1.807, 2.05) is 0 Å². The smallest absolute Gasteiger partial charge is 0.330 e. The van der Waals surface area contributed by atoms with Crippen molar-refractivity contribution in [1.29, 1.82) is 0 Å². The highest BCUT2D eigenvalue weighted by molar-refractivity contribution is 5.81. The zero-order valence-corrected chi connectivity index (χ0v) is 10.2. The van der Waals surface area contributed by atoms with Crippen LogP contribution in [0.2, 0.25) is 0 Å². The molecule has 17 heavy (non-hydrogen) atoms.